The maximum absolute atomic E-state index is 12.9. The fourth-order valence-electron chi connectivity index (χ4n) is 3.12. The molecule has 156 valence electrons. The van der Waals surface area contributed by atoms with Crippen LogP contribution >= 0.6 is 0 Å². The van der Waals surface area contributed by atoms with Gasteiger partial charge in [0.15, 0.2) is 5.78 Å². The van der Waals surface area contributed by atoms with Crippen molar-refractivity contribution in [2.75, 3.05) is 17.0 Å². The highest BCUT2D eigenvalue weighted by Gasteiger charge is 2.15. The van der Waals surface area contributed by atoms with E-state index in [-0.39, 0.29) is 18.1 Å². The Bertz CT molecular complexity index is 1010. The second-order valence-corrected chi connectivity index (χ2v) is 9.13. The molecular formula is C24H26N2O3S. The number of Topliss-reactive ketones (excluding diaryl/α,β-unsaturated/α-hetero) is 1. The standard InChI is InChI=1S/C24H26N2O3S/c1-2-30(28,29)25-23-15-13-22(14-16-23)24(27)19-26(17-20-9-5-3-6-10-20)18-21-11-7-4-8-12-21/h3-16,25H,2,17-19H2,1H3. The summed E-state index contributed by atoms with van der Waals surface area (Å²) in [6, 6.07) is 26.7. The van der Waals surface area contributed by atoms with E-state index in [2.05, 4.69) is 33.9 Å². The van der Waals surface area contributed by atoms with E-state index in [9.17, 15) is 13.2 Å². The number of ketones is 1. The van der Waals surface area contributed by atoms with E-state index in [1.165, 1.54) is 0 Å². The van der Waals surface area contributed by atoms with Crippen LogP contribution in [0.2, 0.25) is 0 Å². The molecule has 3 aromatic rings. The lowest BCUT2D eigenvalue weighted by Crippen LogP contribution is -2.29. The fourth-order valence-corrected chi connectivity index (χ4v) is 3.76. The zero-order valence-corrected chi connectivity index (χ0v) is 17.8. The molecule has 6 heteroatoms. The molecule has 0 atom stereocenters. The van der Waals surface area contributed by atoms with Crippen molar-refractivity contribution in [2.45, 2.75) is 20.0 Å². The molecule has 0 aliphatic rings. The van der Waals surface area contributed by atoms with E-state index >= 15 is 0 Å². The summed E-state index contributed by atoms with van der Waals surface area (Å²) in [6.07, 6.45) is 0. The monoisotopic (exact) mass is 422 g/mol. The van der Waals surface area contributed by atoms with E-state index < -0.39 is 10.0 Å². The van der Waals surface area contributed by atoms with Gasteiger partial charge in [-0.1, -0.05) is 60.7 Å². The van der Waals surface area contributed by atoms with Gasteiger partial charge in [0, 0.05) is 24.3 Å². The molecule has 3 aromatic carbocycles. The Morgan fingerprint density at radius 2 is 1.30 bits per heavy atom. The van der Waals surface area contributed by atoms with Crippen LogP contribution in [-0.4, -0.2) is 31.4 Å². The molecule has 30 heavy (non-hydrogen) atoms. The maximum atomic E-state index is 12.9. The van der Waals surface area contributed by atoms with Crippen molar-refractivity contribution < 1.29 is 13.2 Å². The SMILES string of the molecule is CCS(=O)(=O)Nc1ccc(C(=O)CN(Cc2ccccc2)Cc2ccccc2)cc1. The van der Waals surface area contributed by atoms with Gasteiger partial charge in [0.2, 0.25) is 10.0 Å². The average Bonchev–Trinajstić information content (AvgIpc) is 2.75. The molecule has 0 aliphatic heterocycles. The Morgan fingerprint density at radius 1 is 0.800 bits per heavy atom. The van der Waals surface area contributed by atoms with Gasteiger partial charge in [0.25, 0.3) is 0 Å². The maximum Gasteiger partial charge on any atom is 0.232 e. The van der Waals surface area contributed by atoms with Crippen LogP contribution in [0.5, 0.6) is 0 Å². The van der Waals surface area contributed by atoms with Crippen molar-refractivity contribution in [2.24, 2.45) is 0 Å². The Morgan fingerprint density at radius 3 is 1.77 bits per heavy atom. The smallest absolute Gasteiger partial charge is 0.232 e. The van der Waals surface area contributed by atoms with E-state index in [0.29, 0.717) is 24.3 Å². The van der Waals surface area contributed by atoms with Crippen molar-refractivity contribution in [3.8, 4) is 0 Å². The zero-order valence-electron chi connectivity index (χ0n) is 17.0. The third-order valence-corrected chi connectivity index (χ3v) is 6.03. The Hall–Kier alpha value is -2.96. The minimum atomic E-state index is -3.34. The van der Waals surface area contributed by atoms with Crippen LogP contribution in [0.4, 0.5) is 5.69 Å². The highest BCUT2D eigenvalue weighted by Crippen LogP contribution is 2.15. The third kappa shape index (κ3) is 6.54. The zero-order chi connectivity index (χ0) is 21.4. The summed E-state index contributed by atoms with van der Waals surface area (Å²) in [7, 11) is -3.34. The Labute approximate surface area is 178 Å². The van der Waals surface area contributed by atoms with E-state index in [4.69, 9.17) is 0 Å². The topological polar surface area (TPSA) is 66.5 Å². The van der Waals surface area contributed by atoms with Crippen molar-refractivity contribution >= 4 is 21.5 Å². The molecule has 3 rings (SSSR count). The van der Waals surface area contributed by atoms with Gasteiger partial charge in [-0.15, -0.1) is 0 Å². The van der Waals surface area contributed by atoms with Gasteiger partial charge >= 0.3 is 0 Å². The van der Waals surface area contributed by atoms with Crippen molar-refractivity contribution in [1.29, 1.82) is 0 Å². The van der Waals surface area contributed by atoms with Crippen LogP contribution < -0.4 is 4.72 Å². The highest BCUT2D eigenvalue weighted by atomic mass is 32.2. The molecule has 0 radical (unpaired) electrons. The first kappa shape index (κ1) is 21.7. The number of carbonyl (C=O) groups is 1. The van der Waals surface area contributed by atoms with Gasteiger partial charge < -0.3 is 0 Å². The first-order valence-electron chi connectivity index (χ1n) is 9.89. The summed E-state index contributed by atoms with van der Waals surface area (Å²) in [5.74, 6) is -0.00603. The summed E-state index contributed by atoms with van der Waals surface area (Å²) in [5, 5.41) is 0. The normalized spacial score (nSPS) is 11.4. The molecule has 0 saturated heterocycles. The first-order valence-corrected chi connectivity index (χ1v) is 11.5. The second-order valence-electron chi connectivity index (χ2n) is 7.12. The number of carbonyl (C=O) groups excluding carboxylic acids is 1. The van der Waals surface area contributed by atoms with Crippen LogP contribution in [-0.2, 0) is 23.1 Å². The van der Waals surface area contributed by atoms with Gasteiger partial charge in [-0.25, -0.2) is 8.42 Å². The Balaban J connectivity index is 1.72. The minimum Gasteiger partial charge on any atom is -0.293 e. The van der Waals surface area contributed by atoms with Gasteiger partial charge in [-0.3, -0.25) is 14.4 Å². The van der Waals surface area contributed by atoms with Crippen molar-refractivity contribution in [3.63, 3.8) is 0 Å². The van der Waals surface area contributed by atoms with Crippen LogP contribution in [0.25, 0.3) is 0 Å². The molecule has 0 fully saturated rings. The number of nitrogens with zero attached hydrogens (tertiary/aromatic N) is 1. The molecule has 1 N–H and O–H groups in total. The second kappa shape index (κ2) is 10.2. The predicted octanol–water partition coefficient (Wildman–Crippen LogP) is 4.33. The van der Waals surface area contributed by atoms with Gasteiger partial charge in [-0.05, 0) is 42.3 Å². The first-order chi connectivity index (χ1) is 14.4. The van der Waals surface area contributed by atoms with Gasteiger partial charge in [0.05, 0.1) is 12.3 Å². The molecule has 0 heterocycles. The number of anilines is 1. The summed E-state index contributed by atoms with van der Waals surface area (Å²) < 4.78 is 25.9. The number of nitrogens with one attached hydrogen (secondary N) is 1. The number of hydrogen-bond acceptors (Lipinski definition) is 4. The van der Waals surface area contributed by atoms with Crippen LogP contribution in [0, 0.1) is 0 Å². The summed E-state index contributed by atoms with van der Waals surface area (Å²) in [6.45, 7) is 3.17. The molecule has 0 unspecified atom stereocenters. The quantitative estimate of drug-likeness (QED) is 0.494. The number of rotatable bonds is 10. The molecule has 0 bridgehead atoms. The Kier molecular flexibility index (Phi) is 7.38. The third-order valence-electron chi connectivity index (χ3n) is 4.73. The molecule has 0 aliphatic carbocycles. The molecule has 5 nitrogen and oxygen atoms in total. The van der Waals surface area contributed by atoms with E-state index in [0.717, 1.165) is 11.1 Å². The molecule has 0 saturated carbocycles. The van der Waals surface area contributed by atoms with Gasteiger partial charge in [0.1, 0.15) is 0 Å². The van der Waals surface area contributed by atoms with Crippen LogP contribution in [0.1, 0.15) is 28.4 Å². The average molecular weight is 423 g/mol. The summed E-state index contributed by atoms with van der Waals surface area (Å²) in [5.41, 5.74) is 3.30. The number of sulfonamides is 1. The fraction of sp³-hybridized carbons (Fsp3) is 0.208. The summed E-state index contributed by atoms with van der Waals surface area (Å²) in [4.78, 5) is 15.0. The minimum absolute atomic E-state index is 0.00160. The van der Waals surface area contributed by atoms with E-state index in [1.807, 2.05) is 36.4 Å². The lowest BCUT2D eigenvalue weighted by molar-refractivity contribution is 0.0920. The number of benzene rings is 3. The van der Waals surface area contributed by atoms with E-state index in [1.54, 1.807) is 31.2 Å². The molecule has 0 aromatic heterocycles. The largest absolute Gasteiger partial charge is 0.293 e. The number of hydrogen-bond donors (Lipinski definition) is 1. The molecule has 0 spiro atoms. The molecule has 0 amide bonds. The molecular weight excluding hydrogens is 396 g/mol. The van der Waals surface area contributed by atoms with Crippen LogP contribution in [0.15, 0.2) is 84.9 Å². The predicted molar refractivity (Wildman–Crippen MR) is 121 cm³/mol. The lowest BCUT2D eigenvalue weighted by atomic mass is 10.1. The van der Waals surface area contributed by atoms with Gasteiger partial charge in [-0.2, -0.15) is 0 Å². The van der Waals surface area contributed by atoms with Crippen LogP contribution in [0.3, 0.4) is 0 Å². The summed E-state index contributed by atoms with van der Waals surface area (Å²) >= 11 is 0. The van der Waals surface area contributed by atoms with Crippen molar-refractivity contribution in [1.82, 2.24) is 4.90 Å². The lowest BCUT2D eigenvalue weighted by Gasteiger charge is -2.22. The van der Waals surface area contributed by atoms with Crippen molar-refractivity contribution in [3.05, 3.63) is 102 Å². The highest BCUT2D eigenvalue weighted by molar-refractivity contribution is 7.92.